The lowest BCUT2D eigenvalue weighted by Gasteiger charge is -2.27. The van der Waals surface area contributed by atoms with Crippen molar-refractivity contribution in [2.24, 2.45) is 4.99 Å². The van der Waals surface area contributed by atoms with Gasteiger partial charge in [0.1, 0.15) is 5.75 Å². The van der Waals surface area contributed by atoms with Crippen LogP contribution in [0.3, 0.4) is 0 Å². The second-order valence-electron chi connectivity index (χ2n) is 7.35. The molecule has 0 radical (unpaired) electrons. The van der Waals surface area contributed by atoms with Crippen LogP contribution in [0.4, 0.5) is 0 Å². The van der Waals surface area contributed by atoms with Crippen molar-refractivity contribution in [1.29, 1.82) is 0 Å². The third kappa shape index (κ3) is 7.27. The van der Waals surface area contributed by atoms with Gasteiger partial charge in [-0.2, -0.15) is 0 Å². The first-order valence-corrected chi connectivity index (χ1v) is 9.81. The molecule has 0 saturated heterocycles. The molecule has 0 aliphatic rings. The van der Waals surface area contributed by atoms with E-state index in [1.807, 2.05) is 30.3 Å². The predicted octanol–water partition coefficient (Wildman–Crippen LogP) is 4.36. The quantitative estimate of drug-likeness (QED) is 0.288. The van der Waals surface area contributed by atoms with Crippen molar-refractivity contribution in [2.45, 2.75) is 32.7 Å². The van der Waals surface area contributed by atoms with Crippen molar-refractivity contribution in [3.8, 4) is 17.2 Å². The minimum absolute atomic E-state index is 0. The molecule has 0 amide bonds. The van der Waals surface area contributed by atoms with Crippen LogP contribution < -0.4 is 24.8 Å². The second-order valence-corrected chi connectivity index (χ2v) is 7.35. The Morgan fingerprint density at radius 2 is 1.67 bits per heavy atom. The molecule has 0 spiro atoms. The molecule has 0 heterocycles. The number of halogens is 1. The molecule has 0 fully saturated rings. The summed E-state index contributed by atoms with van der Waals surface area (Å²) in [6, 6.07) is 14.0. The van der Waals surface area contributed by atoms with Gasteiger partial charge in [-0.1, -0.05) is 32.0 Å². The van der Waals surface area contributed by atoms with Crippen LogP contribution in [0.15, 0.2) is 47.5 Å². The van der Waals surface area contributed by atoms with Crippen LogP contribution in [-0.4, -0.2) is 40.4 Å². The Bertz CT molecular complexity index is 825. The van der Waals surface area contributed by atoms with Gasteiger partial charge in [-0.15, -0.1) is 24.0 Å². The number of hydrogen-bond donors (Lipinski definition) is 2. The molecule has 0 atom stereocenters. The van der Waals surface area contributed by atoms with Gasteiger partial charge in [0.25, 0.3) is 0 Å². The van der Waals surface area contributed by atoms with Crippen molar-refractivity contribution >= 4 is 29.9 Å². The van der Waals surface area contributed by atoms with E-state index in [1.165, 1.54) is 5.56 Å². The molecular weight excluding hydrogens is 493 g/mol. The van der Waals surface area contributed by atoms with Gasteiger partial charge in [0.15, 0.2) is 17.5 Å². The van der Waals surface area contributed by atoms with E-state index in [9.17, 15) is 0 Å². The van der Waals surface area contributed by atoms with E-state index < -0.39 is 0 Å². The average Bonchev–Trinajstić information content (AvgIpc) is 2.75. The Morgan fingerprint density at radius 3 is 2.30 bits per heavy atom. The highest BCUT2D eigenvalue weighted by Crippen LogP contribution is 2.28. The zero-order chi connectivity index (χ0) is 21.3. The van der Waals surface area contributed by atoms with Crippen molar-refractivity contribution in [3.63, 3.8) is 0 Å². The molecule has 2 aromatic carbocycles. The number of rotatable bonds is 9. The number of ether oxygens (including phenoxy) is 3. The molecule has 0 aliphatic heterocycles. The standard InChI is InChI=1S/C23H33N3O3.HI/c1-7-24-22(25-15-17-11-12-20(28-5)21(13-17)29-6)26-16-23(2,3)18-9-8-10-19(14-18)27-4;/h8-14H,7,15-16H2,1-6H3,(H2,24,25,26);1H. The van der Waals surface area contributed by atoms with Crippen LogP contribution >= 0.6 is 24.0 Å². The monoisotopic (exact) mass is 527 g/mol. The van der Waals surface area contributed by atoms with Crippen molar-refractivity contribution in [3.05, 3.63) is 53.6 Å². The molecule has 0 unspecified atom stereocenters. The highest BCUT2D eigenvalue weighted by molar-refractivity contribution is 14.0. The van der Waals surface area contributed by atoms with Crippen molar-refractivity contribution < 1.29 is 14.2 Å². The van der Waals surface area contributed by atoms with Gasteiger partial charge in [-0.3, -0.25) is 0 Å². The summed E-state index contributed by atoms with van der Waals surface area (Å²) < 4.78 is 16.0. The van der Waals surface area contributed by atoms with Crippen LogP contribution in [0.25, 0.3) is 0 Å². The van der Waals surface area contributed by atoms with E-state index in [0.29, 0.717) is 18.0 Å². The zero-order valence-corrected chi connectivity index (χ0v) is 21.1. The van der Waals surface area contributed by atoms with E-state index in [0.717, 1.165) is 30.4 Å². The van der Waals surface area contributed by atoms with Gasteiger partial charge >= 0.3 is 0 Å². The number of benzene rings is 2. The van der Waals surface area contributed by atoms with E-state index in [-0.39, 0.29) is 29.4 Å². The number of aliphatic imine (C=N–C) groups is 1. The van der Waals surface area contributed by atoms with Crippen LogP contribution in [-0.2, 0) is 12.0 Å². The average molecular weight is 527 g/mol. The predicted molar refractivity (Wildman–Crippen MR) is 134 cm³/mol. The molecule has 2 rings (SSSR count). The van der Waals surface area contributed by atoms with Crippen LogP contribution in [0.5, 0.6) is 17.2 Å². The topological polar surface area (TPSA) is 64.1 Å². The van der Waals surface area contributed by atoms with Gasteiger partial charge < -0.3 is 24.8 Å². The maximum Gasteiger partial charge on any atom is 0.191 e. The maximum atomic E-state index is 5.38. The number of guanidine groups is 1. The third-order valence-electron chi connectivity index (χ3n) is 4.76. The lowest BCUT2D eigenvalue weighted by molar-refractivity contribution is 0.354. The minimum atomic E-state index is -0.0892. The second kappa shape index (κ2) is 12.5. The SMILES string of the molecule is CCNC(=NCc1ccc(OC)c(OC)c1)NCC(C)(C)c1cccc(OC)c1.I. The summed E-state index contributed by atoms with van der Waals surface area (Å²) in [6.07, 6.45) is 0. The van der Waals surface area contributed by atoms with E-state index in [4.69, 9.17) is 19.2 Å². The molecule has 0 aliphatic carbocycles. The first kappa shape index (κ1) is 25.9. The molecule has 2 N–H and O–H groups in total. The minimum Gasteiger partial charge on any atom is -0.497 e. The number of hydrogen-bond acceptors (Lipinski definition) is 4. The molecule has 0 aromatic heterocycles. The lowest BCUT2D eigenvalue weighted by atomic mass is 9.84. The fourth-order valence-electron chi connectivity index (χ4n) is 2.94. The Morgan fingerprint density at radius 1 is 0.933 bits per heavy atom. The highest BCUT2D eigenvalue weighted by atomic mass is 127. The molecule has 0 saturated carbocycles. The Labute approximate surface area is 197 Å². The summed E-state index contributed by atoms with van der Waals surface area (Å²) in [6.45, 7) is 8.52. The van der Waals surface area contributed by atoms with Crippen LogP contribution in [0, 0.1) is 0 Å². The summed E-state index contributed by atoms with van der Waals surface area (Å²) in [5.41, 5.74) is 2.17. The number of methoxy groups -OCH3 is 3. The van der Waals surface area contributed by atoms with Crippen LogP contribution in [0.2, 0.25) is 0 Å². The van der Waals surface area contributed by atoms with Gasteiger partial charge in [-0.05, 0) is 42.3 Å². The largest absolute Gasteiger partial charge is 0.497 e. The van der Waals surface area contributed by atoms with Crippen molar-refractivity contribution in [1.82, 2.24) is 10.6 Å². The first-order chi connectivity index (χ1) is 13.9. The van der Waals surface area contributed by atoms with Gasteiger partial charge in [0, 0.05) is 18.5 Å². The van der Waals surface area contributed by atoms with Crippen molar-refractivity contribution in [2.75, 3.05) is 34.4 Å². The molecule has 166 valence electrons. The highest BCUT2D eigenvalue weighted by Gasteiger charge is 2.21. The molecule has 30 heavy (non-hydrogen) atoms. The Hall–Kier alpha value is -2.16. The number of nitrogens with one attached hydrogen (secondary N) is 2. The van der Waals surface area contributed by atoms with Crippen LogP contribution in [0.1, 0.15) is 31.9 Å². The Balaban J connectivity index is 0.00000450. The van der Waals surface area contributed by atoms with E-state index in [2.05, 4.69) is 43.5 Å². The fraction of sp³-hybridized carbons (Fsp3) is 0.435. The first-order valence-electron chi connectivity index (χ1n) is 9.81. The smallest absolute Gasteiger partial charge is 0.191 e. The summed E-state index contributed by atoms with van der Waals surface area (Å²) in [5, 5.41) is 6.77. The molecular formula is C23H34IN3O3. The zero-order valence-electron chi connectivity index (χ0n) is 18.7. The van der Waals surface area contributed by atoms with Gasteiger partial charge in [-0.25, -0.2) is 4.99 Å². The van der Waals surface area contributed by atoms with Gasteiger partial charge in [0.2, 0.25) is 0 Å². The van der Waals surface area contributed by atoms with E-state index in [1.54, 1.807) is 21.3 Å². The summed E-state index contributed by atoms with van der Waals surface area (Å²) >= 11 is 0. The maximum absolute atomic E-state index is 5.38. The fourth-order valence-corrected chi connectivity index (χ4v) is 2.94. The summed E-state index contributed by atoms with van der Waals surface area (Å²) in [5.74, 6) is 3.06. The molecule has 2 aromatic rings. The summed E-state index contributed by atoms with van der Waals surface area (Å²) in [7, 11) is 4.96. The third-order valence-corrected chi connectivity index (χ3v) is 4.76. The molecule has 0 bridgehead atoms. The van der Waals surface area contributed by atoms with Gasteiger partial charge in [0.05, 0.1) is 27.9 Å². The van der Waals surface area contributed by atoms with E-state index >= 15 is 0 Å². The molecule has 6 nitrogen and oxygen atoms in total. The number of nitrogens with zero attached hydrogens (tertiary/aromatic N) is 1. The normalized spacial score (nSPS) is 11.3. The molecule has 7 heteroatoms. The Kier molecular flexibility index (Phi) is 10.8. The lowest BCUT2D eigenvalue weighted by Crippen LogP contribution is -2.43. The summed E-state index contributed by atoms with van der Waals surface area (Å²) in [4.78, 5) is 4.72.